The summed E-state index contributed by atoms with van der Waals surface area (Å²) in [5, 5.41) is 11.1. The number of hydrogen-bond acceptors (Lipinski definition) is 5. The molecule has 0 unspecified atom stereocenters. The fourth-order valence-electron chi connectivity index (χ4n) is 4.43. The van der Waals surface area contributed by atoms with Crippen LogP contribution in [0.25, 0.3) is 15.7 Å². The number of rotatable bonds is 5. The van der Waals surface area contributed by atoms with Crippen LogP contribution in [-0.4, -0.2) is 64.4 Å². The van der Waals surface area contributed by atoms with Gasteiger partial charge in [-0.25, -0.2) is 11.4 Å². The zero-order chi connectivity index (χ0) is 21.3. The number of anilines is 1. The first-order chi connectivity index (χ1) is 14.4. The molecule has 0 spiro atoms. The summed E-state index contributed by atoms with van der Waals surface area (Å²) in [6.07, 6.45) is 4.11. The fourth-order valence-corrected chi connectivity index (χ4v) is 4.43. The van der Waals surface area contributed by atoms with Crippen molar-refractivity contribution in [1.29, 1.82) is 0 Å². The number of nitrogens with zero attached hydrogens (tertiary/aromatic N) is 4. The summed E-state index contributed by atoms with van der Waals surface area (Å²) in [6.45, 7) is 10.9. The third kappa shape index (κ3) is 4.09. The maximum Gasteiger partial charge on any atom is 0.340 e. The van der Waals surface area contributed by atoms with E-state index in [1.165, 1.54) is 0 Å². The van der Waals surface area contributed by atoms with Crippen molar-refractivity contribution in [1.82, 2.24) is 20.0 Å². The number of aromatic nitrogens is 2. The Morgan fingerprint density at radius 2 is 2.00 bits per heavy atom. The Morgan fingerprint density at radius 3 is 2.67 bits per heavy atom. The minimum atomic E-state index is -0.665. The number of hydrogen-bond donors (Lipinski definition) is 3. The second-order valence-electron chi connectivity index (χ2n) is 8.28. The number of likely N-dealkylation sites (tertiary alicyclic amines) is 1. The number of amides is 2. The molecule has 1 aromatic heterocycles. The largest absolute Gasteiger partial charge is 0.359 e. The molecule has 2 aliphatic rings. The quantitative estimate of drug-likeness (QED) is 0.652. The minimum Gasteiger partial charge on any atom is -0.359 e. The van der Waals surface area contributed by atoms with Crippen LogP contribution >= 0.6 is 0 Å². The van der Waals surface area contributed by atoms with Crippen LogP contribution in [0.2, 0.25) is 0 Å². The Balaban J connectivity index is 1.28. The molecule has 1 aliphatic heterocycles. The first kappa shape index (κ1) is 20.2. The third-order valence-corrected chi connectivity index (χ3v) is 6.10. The topological polar surface area (TPSA) is 110 Å². The molecule has 2 aromatic rings. The van der Waals surface area contributed by atoms with Crippen molar-refractivity contribution < 1.29 is 9.59 Å². The molecule has 0 atom stereocenters. The summed E-state index contributed by atoms with van der Waals surface area (Å²) < 4.78 is 1.14. The van der Waals surface area contributed by atoms with E-state index in [2.05, 4.69) is 25.5 Å². The molecule has 4 N–H and O–H groups in total. The van der Waals surface area contributed by atoms with Gasteiger partial charge in [-0.2, -0.15) is 4.68 Å². The average molecular weight is 409 g/mol. The van der Waals surface area contributed by atoms with Crippen LogP contribution in [0.5, 0.6) is 0 Å². The number of carbonyl (C=O) groups is 2. The van der Waals surface area contributed by atoms with E-state index in [4.69, 9.17) is 12.3 Å². The lowest BCUT2D eigenvalue weighted by atomic mass is 9.88. The fraction of sp³-hybridized carbons (Fsp3) is 0.524. The molecule has 1 aromatic carbocycles. The lowest BCUT2D eigenvalue weighted by Crippen LogP contribution is -2.63. The van der Waals surface area contributed by atoms with Gasteiger partial charge in [-0.15, -0.1) is 5.10 Å². The minimum absolute atomic E-state index is 0.0748. The third-order valence-electron chi connectivity index (χ3n) is 6.10. The average Bonchev–Trinajstić information content (AvgIpc) is 3.07. The molecule has 9 nitrogen and oxygen atoms in total. The first-order valence-corrected chi connectivity index (χ1v) is 10.4. The second kappa shape index (κ2) is 8.32. The molecule has 0 radical (unpaired) electrons. The predicted octanol–water partition coefficient (Wildman–Crippen LogP) is 1.71. The molecule has 4 rings (SSSR count). The molecule has 30 heavy (non-hydrogen) atoms. The van der Waals surface area contributed by atoms with E-state index in [1.54, 1.807) is 6.07 Å². The summed E-state index contributed by atoms with van der Waals surface area (Å²) in [6, 6.07) is 5.82. The van der Waals surface area contributed by atoms with Gasteiger partial charge in [0.1, 0.15) is 0 Å². The highest BCUT2D eigenvalue weighted by atomic mass is 16.2. The van der Waals surface area contributed by atoms with Crippen molar-refractivity contribution in [2.45, 2.75) is 50.7 Å². The molecule has 1 aliphatic carbocycles. The number of nitrogens with two attached hydrogens (primary N) is 1. The summed E-state index contributed by atoms with van der Waals surface area (Å²) in [7, 11) is 0. The standard InChI is InChI=1S/C21H27N7O2/c1-13-3-8-18-17(9-13)20(26-28(18)21(22)30)24-10-19(29)25-15-11-27(12-15)16-6-4-14(23-2)5-7-16/h3,8-9,14-16H,4-7,10-12H2,1H3,(H2,22,30)(H,24,26)(H,25,29)/t14-,16+. The molecule has 1 saturated carbocycles. The lowest BCUT2D eigenvalue weighted by Gasteiger charge is -2.45. The van der Waals surface area contributed by atoms with E-state index in [0.717, 1.165) is 54.4 Å². The molecule has 1 saturated heterocycles. The van der Waals surface area contributed by atoms with E-state index < -0.39 is 6.03 Å². The van der Waals surface area contributed by atoms with E-state index >= 15 is 0 Å². The summed E-state index contributed by atoms with van der Waals surface area (Å²) in [5.41, 5.74) is 7.04. The molecule has 2 heterocycles. The molecular formula is C21H27N7O2. The van der Waals surface area contributed by atoms with Gasteiger partial charge >= 0.3 is 6.03 Å². The van der Waals surface area contributed by atoms with Crippen LogP contribution in [0.15, 0.2) is 18.2 Å². The van der Waals surface area contributed by atoms with E-state index in [0.29, 0.717) is 17.4 Å². The van der Waals surface area contributed by atoms with Gasteiger partial charge in [0.2, 0.25) is 11.9 Å². The monoisotopic (exact) mass is 409 g/mol. The van der Waals surface area contributed by atoms with Crippen LogP contribution in [0.3, 0.4) is 0 Å². The van der Waals surface area contributed by atoms with Crippen LogP contribution in [0, 0.1) is 13.5 Å². The molecule has 9 heteroatoms. The Hall–Kier alpha value is -3.12. The number of carbonyl (C=O) groups excluding carboxylic acids is 2. The van der Waals surface area contributed by atoms with Gasteiger partial charge in [0.25, 0.3) is 0 Å². The number of nitrogens with one attached hydrogen (secondary N) is 2. The molecule has 158 valence electrons. The van der Waals surface area contributed by atoms with Crippen molar-refractivity contribution in [3.8, 4) is 0 Å². The normalized spacial score (nSPS) is 22.3. The van der Waals surface area contributed by atoms with Crippen LogP contribution in [0.1, 0.15) is 31.2 Å². The van der Waals surface area contributed by atoms with Gasteiger partial charge in [0.15, 0.2) is 5.82 Å². The number of fused-ring (bicyclic) bond motifs is 1. The Morgan fingerprint density at radius 1 is 1.27 bits per heavy atom. The van der Waals surface area contributed by atoms with Crippen molar-refractivity contribution in [2.24, 2.45) is 5.73 Å². The number of primary amides is 1. The zero-order valence-corrected chi connectivity index (χ0v) is 17.1. The molecule has 2 amide bonds. The van der Waals surface area contributed by atoms with Gasteiger partial charge in [-0.05, 0) is 31.9 Å². The van der Waals surface area contributed by atoms with Crippen LogP contribution in [-0.2, 0) is 4.79 Å². The van der Waals surface area contributed by atoms with E-state index in [-0.39, 0.29) is 24.5 Å². The smallest absolute Gasteiger partial charge is 0.340 e. The van der Waals surface area contributed by atoms with Crippen LogP contribution in [0.4, 0.5) is 10.6 Å². The van der Waals surface area contributed by atoms with Gasteiger partial charge < -0.3 is 21.2 Å². The lowest BCUT2D eigenvalue weighted by molar-refractivity contribution is -0.121. The van der Waals surface area contributed by atoms with Gasteiger partial charge in [0.05, 0.1) is 18.1 Å². The van der Waals surface area contributed by atoms with Crippen molar-refractivity contribution in [3.05, 3.63) is 35.2 Å². The maximum atomic E-state index is 12.4. The van der Waals surface area contributed by atoms with Gasteiger partial charge in [0, 0.05) is 37.4 Å². The highest BCUT2D eigenvalue weighted by Crippen LogP contribution is 2.28. The summed E-state index contributed by atoms with van der Waals surface area (Å²) >= 11 is 0. The van der Waals surface area contributed by atoms with Gasteiger partial charge in [-0.1, -0.05) is 11.6 Å². The number of aryl methyl sites for hydroxylation is 1. The zero-order valence-electron chi connectivity index (χ0n) is 17.1. The predicted molar refractivity (Wildman–Crippen MR) is 114 cm³/mol. The summed E-state index contributed by atoms with van der Waals surface area (Å²) in [5.74, 6) is 0.361. The van der Waals surface area contributed by atoms with Crippen LogP contribution < -0.4 is 16.4 Å². The Kier molecular flexibility index (Phi) is 5.59. The molecular weight excluding hydrogens is 382 g/mol. The Labute approximate surface area is 175 Å². The highest BCUT2D eigenvalue weighted by Gasteiger charge is 2.36. The second-order valence-corrected chi connectivity index (χ2v) is 8.28. The van der Waals surface area contributed by atoms with E-state index in [9.17, 15) is 9.59 Å². The van der Waals surface area contributed by atoms with E-state index in [1.807, 2.05) is 19.1 Å². The van der Waals surface area contributed by atoms with Gasteiger partial charge in [-0.3, -0.25) is 9.69 Å². The number of benzene rings is 1. The summed E-state index contributed by atoms with van der Waals surface area (Å²) in [4.78, 5) is 30.1. The van der Waals surface area contributed by atoms with Crippen molar-refractivity contribution in [2.75, 3.05) is 25.0 Å². The Bertz CT molecular complexity index is 995. The first-order valence-electron chi connectivity index (χ1n) is 10.4. The van der Waals surface area contributed by atoms with Crippen molar-refractivity contribution >= 4 is 28.7 Å². The SMILES string of the molecule is [C-]#[N+][C@H]1CC[C@@H](N2CC(NC(=O)CNc3nn(C(N)=O)c4ccc(C)cc34)C2)CC1. The maximum absolute atomic E-state index is 12.4. The van der Waals surface area contributed by atoms with Crippen molar-refractivity contribution in [3.63, 3.8) is 0 Å². The molecule has 2 fully saturated rings. The highest BCUT2D eigenvalue weighted by molar-refractivity contribution is 5.97. The molecule has 0 bridgehead atoms.